The zero-order chi connectivity index (χ0) is 45.4. The second-order valence-corrected chi connectivity index (χ2v) is 14.8. The number of benzene rings is 4. The van der Waals surface area contributed by atoms with Gasteiger partial charge < -0.3 is 94.5 Å². The first-order chi connectivity index (χ1) is 30.0. The minimum absolute atomic E-state index is 0.0471. The van der Waals surface area contributed by atoms with E-state index in [9.17, 15) is 76.0 Å². The van der Waals surface area contributed by atoms with Crippen LogP contribution in [0.5, 0.6) is 51.7 Å². The number of hydrogen-bond acceptors (Lipinski definition) is 21. The molecule has 0 bridgehead atoms. The Kier molecular flexibility index (Phi) is 13.0. The first-order valence-corrected chi connectivity index (χ1v) is 19.1. The van der Waals surface area contributed by atoms with Crippen LogP contribution in [0, 0.1) is 0 Å². The number of carbonyl (C=O) groups is 1. The van der Waals surface area contributed by atoms with Gasteiger partial charge in [0.05, 0.1) is 18.8 Å². The molecule has 21 nitrogen and oxygen atoms in total. The van der Waals surface area contributed by atoms with E-state index in [2.05, 4.69) is 0 Å². The van der Waals surface area contributed by atoms with Crippen LogP contribution in [0.25, 0.3) is 22.3 Å². The normalized spacial score (nSPS) is 26.0. The largest absolute Gasteiger partial charge is 0.508 e. The maximum atomic E-state index is 13.6. The molecule has 21 heteroatoms. The predicted octanol–water partition coefficient (Wildman–Crippen LogP) is -0.0468. The summed E-state index contributed by atoms with van der Waals surface area (Å²) in [6.45, 7) is -1.50. The van der Waals surface area contributed by atoms with E-state index in [0.29, 0.717) is 5.56 Å². The number of phenolic OH excluding ortho intramolecular Hbond substituents is 5. The molecule has 2 saturated heterocycles. The molecule has 3 heterocycles. The van der Waals surface area contributed by atoms with Crippen LogP contribution in [0.4, 0.5) is 0 Å². The van der Waals surface area contributed by atoms with Crippen molar-refractivity contribution >= 4 is 16.8 Å². The maximum absolute atomic E-state index is 13.6. The quantitative estimate of drug-likeness (QED) is 0.0545. The van der Waals surface area contributed by atoms with Gasteiger partial charge in [0.2, 0.25) is 12.6 Å². The van der Waals surface area contributed by atoms with Crippen molar-refractivity contribution in [1.29, 1.82) is 0 Å². The topological polar surface area (TPSA) is 356 Å². The summed E-state index contributed by atoms with van der Waals surface area (Å²) in [7, 11) is 0. The molecule has 2 fully saturated rings. The number of aryl methyl sites for hydroxylation is 1. The zero-order valence-corrected chi connectivity index (χ0v) is 32.5. The van der Waals surface area contributed by atoms with Gasteiger partial charge in [0, 0.05) is 42.8 Å². The highest BCUT2D eigenvalue weighted by Crippen LogP contribution is 2.43. The molecular formula is C42H42O21. The van der Waals surface area contributed by atoms with Crippen molar-refractivity contribution in [3.05, 3.63) is 88.1 Å². The second kappa shape index (κ2) is 18.2. The van der Waals surface area contributed by atoms with Gasteiger partial charge in [0.1, 0.15) is 111 Å². The van der Waals surface area contributed by atoms with Crippen LogP contribution in [0.3, 0.4) is 0 Å². The van der Waals surface area contributed by atoms with Crippen molar-refractivity contribution in [2.24, 2.45) is 0 Å². The highest BCUT2D eigenvalue weighted by Gasteiger charge is 2.46. The molecule has 63 heavy (non-hydrogen) atoms. The van der Waals surface area contributed by atoms with Crippen LogP contribution in [-0.4, -0.2) is 147 Å². The summed E-state index contributed by atoms with van der Waals surface area (Å²) in [5.41, 5.74) is -0.882. The van der Waals surface area contributed by atoms with Gasteiger partial charge in [0.15, 0.2) is 22.7 Å². The molecule has 13 N–H and O–H groups in total. The summed E-state index contributed by atoms with van der Waals surface area (Å²) in [6.07, 6.45) is -16.9. The number of carbonyl (C=O) groups excluding carboxylic acids is 1. The lowest BCUT2D eigenvalue weighted by molar-refractivity contribution is -0.277. The highest BCUT2D eigenvalue weighted by atomic mass is 16.7. The number of ether oxygens (including phenoxy) is 5. The number of hydrogen-bond donors (Lipinski definition) is 13. The van der Waals surface area contributed by atoms with Gasteiger partial charge in [0.25, 0.3) is 0 Å². The molecule has 0 amide bonds. The van der Waals surface area contributed by atoms with E-state index in [1.54, 1.807) is 12.1 Å². The fourth-order valence-corrected chi connectivity index (χ4v) is 7.07. The SMILES string of the molecule is O=C(CCc1ccc(Oc2cc(O)c(O)cc2-c2cc(=O)c3c(O[C@@H]4O[C@H](CO)[C@@H](O)[C@H](O)[C@H]4O)cc(O)cc3o2)cc1)c1c(O)cc(O)cc1O[C@@H]1O[C@H](CO)[C@@H](O)[C@H](O)[C@H]1O. The van der Waals surface area contributed by atoms with Gasteiger partial charge in [-0.2, -0.15) is 0 Å². The maximum Gasteiger partial charge on any atom is 0.229 e. The van der Waals surface area contributed by atoms with Crippen LogP contribution >= 0.6 is 0 Å². The zero-order valence-electron chi connectivity index (χ0n) is 32.5. The minimum atomic E-state index is -1.85. The first kappa shape index (κ1) is 44.8. The van der Waals surface area contributed by atoms with Crippen molar-refractivity contribution in [2.45, 2.75) is 74.3 Å². The number of Topliss-reactive ketones (excluding diaryl/α,β-unsaturated/α-hetero) is 1. The summed E-state index contributed by atoms with van der Waals surface area (Å²) in [5, 5.41) is 132. The first-order valence-electron chi connectivity index (χ1n) is 19.1. The molecule has 0 saturated carbocycles. The number of aliphatic hydroxyl groups excluding tert-OH is 8. The van der Waals surface area contributed by atoms with E-state index < -0.39 is 126 Å². The molecule has 336 valence electrons. The Hall–Kier alpha value is -6.24. The molecule has 0 aliphatic carbocycles. The number of ketones is 1. The molecule has 10 atom stereocenters. The molecule has 4 aromatic carbocycles. The van der Waals surface area contributed by atoms with Crippen LogP contribution in [0.1, 0.15) is 22.3 Å². The number of aliphatic hydroxyl groups is 8. The van der Waals surface area contributed by atoms with Crippen molar-refractivity contribution in [1.82, 2.24) is 0 Å². The van der Waals surface area contributed by atoms with E-state index in [1.165, 1.54) is 12.1 Å². The fraction of sp³-hybridized carbons (Fsp3) is 0.333. The lowest BCUT2D eigenvalue weighted by atomic mass is 9.99. The van der Waals surface area contributed by atoms with Crippen molar-refractivity contribution in [3.63, 3.8) is 0 Å². The van der Waals surface area contributed by atoms with E-state index in [-0.39, 0.29) is 52.4 Å². The lowest BCUT2D eigenvalue weighted by Gasteiger charge is -2.39. The average Bonchev–Trinajstić information content (AvgIpc) is 3.24. The van der Waals surface area contributed by atoms with E-state index in [0.717, 1.165) is 42.5 Å². The summed E-state index contributed by atoms with van der Waals surface area (Å²) < 4.78 is 33.9. The Labute approximate surface area is 354 Å². The number of rotatable bonds is 13. The van der Waals surface area contributed by atoms with Gasteiger partial charge in [-0.15, -0.1) is 0 Å². The Morgan fingerprint density at radius 2 is 1.16 bits per heavy atom. The van der Waals surface area contributed by atoms with E-state index in [1.807, 2.05) is 0 Å². The van der Waals surface area contributed by atoms with Crippen molar-refractivity contribution < 1.29 is 99.3 Å². The molecule has 2 aliphatic rings. The van der Waals surface area contributed by atoms with Crippen LogP contribution in [-0.2, 0) is 15.9 Å². The molecule has 1 aromatic heterocycles. The van der Waals surface area contributed by atoms with Crippen molar-refractivity contribution in [3.8, 4) is 63.1 Å². The number of phenols is 5. The fourth-order valence-electron chi connectivity index (χ4n) is 7.07. The smallest absolute Gasteiger partial charge is 0.229 e. The molecule has 5 aromatic rings. The average molecular weight is 883 g/mol. The summed E-state index contributed by atoms with van der Waals surface area (Å²) in [5.74, 6) is -4.51. The summed E-state index contributed by atoms with van der Waals surface area (Å²) in [4.78, 5) is 27.1. The van der Waals surface area contributed by atoms with Crippen LogP contribution in [0.2, 0.25) is 0 Å². The van der Waals surface area contributed by atoms with Gasteiger partial charge in [-0.25, -0.2) is 0 Å². The highest BCUT2D eigenvalue weighted by molar-refractivity contribution is 6.01. The van der Waals surface area contributed by atoms with Gasteiger partial charge in [-0.3, -0.25) is 9.59 Å². The third-order valence-electron chi connectivity index (χ3n) is 10.4. The Balaban J connectivity index is 1.09. The Bertz CT molecular complexity index is 2520. The molecule has 0 unspecified atom stereocenters. The standard InChI is InChI=1S/C42H42O21/c43-14-31-35(52)37(54)39(56)41(62-31)60-28-8-17(45)7-24(50)33(28)21(47)6-3-16-1-4-19(5-2-16)58-26-12-23(49)22(48)11-20(26)27-13-25(51)34-29(59-27)9-18(46)10-30(34)61-42-40(57)38(55)36(53)32(15-44)63-42/h1-2,4-5,7-13,31-32,35-46,48-50,52-57H,3,6,14-15H2/t31-,32-,35-,36-,37+,38+,39-,40-,41-,42-/m1/s1. The Morgan fingerprint density at radius 1 is 0.603 bits per heavy atom. The van der Waals surface area contributed by atoms with Gasteiger partial charge in [-0.05, 0) is 30.2 Å². The van der Waals surface area contributed by atoms with Gasteiger partial charge in [-0.1, -0.05) is 12.1 Å². The summed E-state index contributed by atoms with van der Waals surface area (Å²) in [6, 6.07) is 13.2. The van der Waals surface area contributed by atoms with Gasteiger partial charge >= 0.3 is 0 Å². The second-order valence-electron chi connectivity index (χ2n) is 14.8. The molecular weight excluding hydrogens is 840 g/mol. The lowest BCUT2D eigenvalue weighted by Crippen LogP contribution is -2.60. The molecule has 7 rings (SSSR count). The number of aromatic hydroxyl groups is 5. The predicted molar refractivity (Wildman–Crippen MR) is 211 cm³/mol. The number of fused-ring (bicyclic) bond motifs is 1. The molecule has 2 aliphatic heterocycles. The van der Waals surface area contributed by atoms with Crippen LogP contribution in [0.15, 0.2) is 75.9 Å². The molecule has 0 spiro atoms. The third kappa shape index (κ3) is 9.14. The summed E-state index contributed by atoms with van der Waals surface area (Å²) >= 11 is 0. The monoisotopic (exact) mass is 882 g/mol. The molecule has 0 radical (unpaired) electrons. The van der Waals surface area contributed by atoms with Crippen molar-refractivity contribution in [2.75, 3.05) is 13.2 Å². The minimum Gasteiger partial charge on any atom is -0.508 e. The third-order valence-corrected chi connectivity index (χ3v) is 10.4. The Morgan fingerprint density at radius 3 is 1.76 bits per heavy atom. The van der Waals surface area contributed by atoms with Crippen LogP contribution < -0.4 is 19.6 Å². The van der Waals surface area contributed by atoms with E-state index in [4.69, 9.17) is 28.1 Å². The van der Waals surface area contributed by atoms with E-state index >= 15 is 0 Å².